The summed E-state index contributed by atoms with van der Waals surface area (Å²) in [5, 5.41) is 0. The standard InChI is InChI=1S/C22H34N2O3.C2H6/c1-4-6-21-20(5-2)24(22(25)16-27-21)14-17(3)13-23-11-9-19(10-12-23)26-15-18-7-8-18;1-2/h4-6,17-19H,2,7-16H2,1,3H3;1-2H3/b6-4-;. The first-order valence-electron chi connectivity index (χ1n) is 11.4. The second-order valence-corrected chi connectivity index (χ2v) is 8.13. The molecule has 2 fully saturated rings. The monoisotopic (exact) mass is 404 g/mol. The molecule has 1 amide bonds. The molecule has 0 radical (unpaired) electrons. The average Bonchev–Trinajstić information content (AvgIpc) is 3.56. The van der Waals surface area contributed by atoms with Crippen LogP contribution in [0.15, 0.2) is 36.3 Å². The third kappa shape index (κ3) is 7.31. The molecule has 1 aliphatic carbocycles. The molecule has 2 heterocycles. The quantitative estimate of drug-likeness (QED) is 0.572. The van der Waals surface area contributed by atoms with Crippen LogP contribution in [0.4, 0.5) is 0 Å². The van der Waals surface area contributed by atoms with Crippen LogP contribution in [0.5, 0.6) is 0 Å². The highest BCUT2D eigenvalue weighted by Gasteiger charge is 2.29. The van der Waals surface area contributed by atoms with Crippen LogP contribution in [-0.4, -0.2) is 61.2 Å². The Morgan fingerprint density at radius 2 is 1.90 bits per heavy atom. The molecule has 0 N–H and O–H groups in total. The van der Waals surface area contributed by atoms with Gasteiger partial charge in [0, 0.05) is 32.8 Å². The van der Waals surface area contributed by atoms with E-state index in [0.717, 1.165) is 56.5 Å². The Balaban J connectivity index is 0.00000145. The predicted molar refractivity (Wildman–Crippen MR) is 118 cm³/mol. The summed E-state index contributed by atoms with van der Waals surface area (Å²) >= 11 is 0. The van der Waals surface area contributed by atoms with E-state index in [4.69, 9.17) is 9.47 Å². The lowest BCUT2D eigenvalue weighted by molar-refractivity contribution is -0.135. The molecule has 5 nitrogen and oxygen atoms in total. The van der Waals surface area contributed by atoms with Crippen LogP contribution in [-0.2, 0) is 14.3 Å². The highest BCUT2D eigenvalue weighted by molar-refractivity contribution is 5.81. The number of rotatable bonds is 9. The van der Waals surface area contributed by atoms with Crippen molar-refractivity contribution >= 4 is 5.91 Å². The molecule has 1 unspecified atom stereocenters. The van der Waals surface area contributed by atoms with E-state index < -0.39 is 0 Å². The van der Waals surface area contributed by atoms with Gasteiger partial charge in [0.2, 0.25) is 0 Å². The fourth-order valence-corrected chi connectivity index (χ4v) is 3.88. The van der Waals surface area contributed by atoms with E-state index in [2.05, 4.69) is 18.4 Å². The topological polar surface area (TPSA) is 42.0 Å². The van der Waals surface area contributed by atoms with Gasteiger partial charge < -0.3 is 19.3 Å². The molecule has 0 aromatic rings. The van der Waals surface area contributed by atoms with Crippen molar-refractivity contribution in [1.29, 1.82) is 0 Å². The fourth-order valence-electron chi connectivity index (χ4n) is 3.88. The number of likely N-dealkylation sites (tertiary alicyclic amines) is 1. The average molecular weight is 405 g/mol. The summed E-state index contributed by atoms with van der Waals surface area (Å²) < 4.78 is 11.6. The Hall–Kier alpha value is -1.59. The van der Waals surface area contributed by atoms with Gasteiger partial charge in [-0.1, -0.05) is 33.4 Å². The maximum Gasteiger partial charge on any atom is 0.265 e. The lowest BCUT2D eigenvalue weighted by atomic mass is 10.0. The molecule has 2 aliphatic heterocycles. The summed E-state index contributed by atoms with van der Waals surface area (Å²) in [7, 11) is 0. The second-order valence-electron chi connectivity index (χ2n) is 8.13. The van der Waals surface area contributed by atoms with Crippen LogP contribution < -0.4 is 0 Å². The van der Waals surface area contributed by atoms with Crippen molar-refractivity contribution in [2.45, 2.75) is 59.5 Å². The molecule has 3 rings (SSSR count). The SMILES string of the molecule is C=CC1=C(/C=C\C)OCC(=O)N1CC(C)CN1CCC(OCC2CC2)CC1.CC. The lowest BCUT2D eigenvalue weighted by Gasteiger charge is -2.36. The van der Waals surface area contributed by atoms with Gasteiger partial charge in [-0.25, -0.2) is 0 Å². The lowest BCUT2D eigenvalue weighted by Crippen LogP contribution is -2.44. The van der Waals surface area contributed by atoms with Gasteiger partial charge in [-0.3, -0.25) is 4.79 Å². The molecule has 0 aromatic carbocycles. The van der Waals surface area contributed by atoms with Crippen LogP contribution in [0.1, 0.15) is 53.4 Å². The zero-order valence-corrected chi connectivity index (χ0v) is 18.9. The first kappa shape index (κ1) is 23.7. The van der Waals surface area contributed by atoms with Gasteiger partial charge in [0.15, 0.2) is 6.61 Å². The molecule has 3 aliphatic rings. The van der Waals surface area contributed by atoms with Crippen LogP contribution >= 0.6 is 0 Å². The van der Waals surface area contributed by atoms with E-state index in [9.17, 15) is 4.79 Å². The molecular formula is C24H40N2O3. The number of nitrogens with zero attached hydrogens (tertiary/aromatic N) is 2. The minimum Gasteiger partial charge on any atom is -0.482 e. The van der Waals surface area contributed by atoms with Gasteiger partial charge in [-0.05, 0) is 56.6 Å². The van der Waals surface area contributed by atoms with Gasteiger partial charge in [0.1, 0.15) is 5.76 Å². The summed E-state index contributed by atoms with van der Waals surface area (Å²) in [5.74, 6) is 1.97. The molecule has 0 bridgehead atoms. The van der Waals surface area contributed by atoms with Gasteiger partial charge >= 0.3 is 0 Å². The van der Waals surface area contributed by atoms with E-state index in [1.807, 2.05) is 37.8 Å². The minimum absolute atomic E-state index is 0.0113. The van der Waals surface area contributed by atoms with Crippen LogP contribution in [0.2, 0.25) is 0 Å². The number of carbonyl (C=O) groups excluding carboxylic acids is 1. The van der Waals surface area contributed by atoms with Gasteiger partial charge in [-0.15, -0.1) is 0 Å². The van der Waals surface area contributed by atoms with E-state index in [-0.39, 0.29) is 12.5 Å². The van der Waals surface area contributed by atoms with Crippen molar-refractivity contribution in [3.05, 3.63) is 36.3 Å². The van der Waals surface area contributed by atoms with Crippen molar-refractivity contribution in [1.82, 2.24) is 9.80 Å². The molecule has 1 atom stereocenters. The molecular weight excluding hydrogens is 364 g/mol. The second kappa shape index (κ2) is 12.2. The first-order valence-corrected chi connectivity index (χ1v) is 11.4. The predicted octanol–water partition coefficient (Wildman–Crippen LogP) is 4.37. The molecule has 0 spiro atoms. The fraction of sp³-hybridized carbons (Fsp3) is 0.708. The van der Waals surface area contributed by atoms with Gasteiger partial charge in [0.25, 0.3) is 5.91 Å². The van der Waals surface area contributed by atoms with Crippen molar-refractivity contribution in [2.24, 2.45) is 11.8 Å². The largest absolute Gasteiger partial charge is 0.482 e. The third-order valence-corrected chi connectivity index (χ3v) is 5.57. The summed E-state index contributed by atoms with van der Waals surface area (Å²) in [6.07, 6.45) is 10.9. The normalized spacial score (nSPS) is 22.3. The van der Waals surface area contributed by atoms with Crippen molar-refractivity contribution in [3.8, 4) is 0 Å². The molecule has 164 valence electrons. The summed E-state index contributed by atoms with van der Waals surface area (Å²) in [5.41, 5.74) is 0.781. The molecule has 29 heavy (non-hydrogen) atoms. The van der Waals surface area contributed by atoms with E-state index >= 15 is 0 Å². The highest BCUT2D eigenvalue weighted by atomic mass is 16.5. The smallest absolute Gasteiger partial charge is 0.265 e. The highest BCUT2D eigenvalue weighted by Crippen LogP contribution is 2.30. The van der Waals surface area contributed by atoms with Crippen LogP contribution in [0, 0.1) is 11.8 Å². The molecule has 1 saturated heterocycles. The number of carbonyl (C=O) groups is 1. The first-order chi connectivity index (χ1) is 14.1. The number of allylic oxidation sites excluding steroid dienone is 3. The summed E-state index contributed by atoms with van der Waals surface area (Å²) in [6, 6.07) is 0. The number of hydrogen-bond donors (Lipinski definition) is 0. The maximum atomic E-state index is 12.4. The number of piperidine rings is 1. The van der Waals surface area contributed by atoms with Crippen molar-refractivity contribution in [2.75, 3.05) is 39.4 Å². The molecule has 1 saturated carbocycles. The van der Waals surface area contributed by atoms with Crippen molar-refractivity contribution < 1.29 is 14.3 Å². The Kier molecular flexibility index (Phi) is 9.95. The zero-order valence-electron chi connectivity index (χ0n) is 18.9. The van der Waals surface area contributed by atoms with Crippen LogP contribution in [0.25, 0.3) is 0 Å². The Morgan fingerprint density at radius 3 is 2.48 bits per heavy atom. The third-order valence-electron chi connectivity index (χ3n) is 5.57. The van der Waals surface area contributed by atoms with Crippen molar-refractivity contribution in [3.63, 3.8) is 0 Å². The Labute approximate surface area is 177 Å². The number of amides is 1. The zero-order chi connectivity index (χ0) is 21.2. The van der Waals surface area contributed by atoms with Gasteiger partial charge in [0.05, 0.1) is 11.8 Å². The molecule has 0 aromatic heterocycles. The van der Waals surface area contributed by atoms with Crippen LogP contribution in [0.3, 0.4) is 0 Å². The molecule has 5 heteroatoms. The number of ether oxygens (including phenoxy) is 2. The number of hydrogen-bond acceptors (Lipinski definition) is 4. The summed E-state index contributed by atoms with van der Waals surface area (Å²) in [4.78, 5) is 16.7. The minimum atomic E-state index is 0.0113. The van der Waals surface area contributed by atoms with E-state index in [1.165, 1.54) is 12.8 Å². The van der Waals surface area contributed by atoms with E-state index in [0.29, 0.717) is 18.6 Å². The van der Waals surface area contributed by atoms with Gasteiger partial charge in [-0.2, -0.15) is 0 Å². The Morgan fingerprint density at radius 1 is 1.21 bits per heavy atom. The summed E-state index contributed by atoms with van der Waals surface area (Å²) in [6.45, 7) is 17.0. The van der Waals surface area contributed by atoms with E-state index in [1.54, 1.807) is 6.08 Å². The Bertz CT molecular complexity index is 587. The maximum absolute atomic E-state index is 12.4.